The number of anilines is 1. The lowest BCUT2D eigenvalue weighted by Gasteiger charge is -2.34. The summed E-state index contributed by atoms with van der Waals surface area (Å²) < 4.78 is 14.9. The van der Waals surface area contributed by atoms with Crippen molar-refractivity contribution in [2.75, 3.05) is 4.90 Å². The Labute approximate surface area is 185 Å². The van der Waals surface area contributed by atoms with E-state index in [1.807, 2.05) is 20.8 Å². The largest absolute Gasteiger partial charge is 0.349 e. The van der Waals surface area contributed by atoms with E-state index in [9.17, 15) is 14.0 Å². The number of hydrogen-bond acceptors (Lipinski definition) is 3. The minimum Gasteiger partial charge on any atom is -0.349 e. The first-order valence-electron chi connectivity index (χ1n) is 9.74. The molecule has 0 aliphatic heterocycles. The van der Waals surface area contributed by atoms with Gasteiger partial charge in [0.2, 0.25) is 5.91 Å². The summed E-state index contributed by atoms with van der Waals surface area (Å²) >= 11 is 5.87. The third kappa shape index (κ3) is 5.47. The standard InChI is InChI=1S/C24H23ClFN3O2/c1-24(2,3)28-22(30)21(18-11-7-8-12-19(18)26)29(17-9-5-4-6-10-17)23(31)16-13-14-20(25)27-15-16/h4-15,21H,1-3H3,(H,28,30). The summed E-state index contributed by atoms with van der Waals surface area (Å²) in [4.78, 5) is 32.3. The highest BCUT2D eigenvalue weighted by molar-refractivity contribution is 6.29. The van der Waals surface area contributed by atoms with Gasteiger partial charge in [-0.25, -0.2) is 9.37 Å². The predicted molar refractivity (Wildman–Crippen MR) is 120 cm³/mol. The van der Waals surface area contributed by atoms with Crippen LogP contribution in [0, 0.1) is 5.82 Å². The highest BCUT2D eigenvalue weighted by Gasteiger charge is 2.36. The van der Waals surface area contributed by atoms with Crippen LogP contribution in [0.3, 0.4) is 0 Å². The van der Waals surface area contributed by atoms with Gasteiger partial charge < -0.3 is 5.32 Å². The van der Waals surface area contributed by atoms with E-state index in [0.717, 1.165) is 0 Å². The van der Waals surface area contributed by atoms with Crippen LogP contribution in [0.2, 0.25) is 5.15 Å². The molecule has 0 radical (unpaired) electrons. The zero-order valence-corrected chi connectivity index (χ0v) is 18.2. The van der Waals surface area contributed by atoms with Crippen LogP contribution >= 0.6 is 11.6 Å². The molecule has 2 aromatic carbocycles. The first-order chi connectivity index (χ1) is 14.7. The van der Waals surface area contributed by atoms with Crippen molar-refractivity contribution in [3.63, 3.8) is 0 Å². The van der Waals surface area contributed by atoms with E-state index in [4.69, 9.17) is 11.6 Å². The highest BCUT2D eigenvalue weighted by atomic mass is 35.5. The summed E-state index contributed by atoms with van der Waals surface area (Å²) in [5.74, 6) is -1.59. The number of benzene rings is 2. The van der Waals surface area contributed by atoms with Crippen molar-refractivity contribution >= 4 is 29.1 Å². The van der Waals surface area contributed by atoms with Crippen LogP contribution in [-0.2, 0) is 4.79 Å². The maximum atomic E-state index is 14.9. The van der Waals surface area contributed by atoms with E-state index < -0.39 is 29.2 Å². The second-order valence-corrected chi connectivity index (χ2v) is 8.43. The molecule has 0 aliphatic carbocycles. The molecule has 0 bridgehead atoms. The molecule has 160 valence electrons. The predicted octanol–water partition coefficient (Wildman–Crippen LogP) is 5.18. The van der Waals surface area contributed by atoms with Crippen LogP contribution in [-0.4, -0.2) is 22.3 Å². The van der Waals surface area contributed by atoms with Gasteiger partial charge in [-0.15, -0.1) is 0 Å². The molecule has 1 heterocycles. The highest BCUT2D eigenvalue weighted by Crippen LogP contribution is 2.31. The molecule has 0 aliphatic rings. The Kier molecular flexibility index (Phi) is 6.71. The minimum atomic E-state index is -1.24. The lowest BCUT2D eigenvalue weighted by Crippen LogP contribution is -2.49. The van der Waals surface area contributed by atoms with Crippen LogP contribution in [0.15, 0.2) is 72.9 Å². The third-order valence-corrected chi connectivity index (χ3v) is 4.66. The van der Waals surface area contributed by atoms with Crippen LogP contribution in [0.5, 0.6) is 0 Å². The Balaban J connectivity index is 2.19. The molecule has 3 rings (SSSR count). The number of halogens is 2. The summed E-state index contributed by atoms with van der Waals surface area (Å²) in [6, 6.07) is 16.4. The number of nitrogens with one attached hydrogen (secondary N) is 1. The van der Waals surface area contributed by atoms with Gasteiger partial charge in [0, 0.05) is 23.0 Å². The normalized spacial score (nSPS) is 12.2. The van der Waals surface area contributed by atoms with Crippen LogP contribution in [0.25, 0.3) is 0 Å². The van der Waals surface area contributed by atoms with Gasteiger partial charge in [0.05, 0.1) is 5.56 Å². The van der Waals surface area contributed by atoms with Crippen molar-refractivity contribution in [2.45, 2.75) is 32.4 Å². The number of nitrogens with zero attached hydrogens (tertiary/aromatic N) is 2. The van der Waals surface area contributed by atoms with Crippen LogP contribution < -0.4 is 10.2 Å². The second-order valence-electron chi connectivity index (χ2n) is 8.04. The quantitative estimate of drug-likeness (QED) is 0.557. The van der Waals surface area contributed by atoms with Gasteiger partial charge in [-0.2, -0.15) is 0 Å². The summed E-state index contributed by atoms with van der Waals surface area (Å²) in [6.07, 6.45) is 1.33. The van der Waals surface area contributed by atoms with E-state index >= 15 is 0 Å². The summed E-state index contributed by atoms with van der Waals surface area (Å²) in [7, 11) is 0. The molecule has 5 nitrogen and oxygen atoms in total. The average Bonchev–Trinajstić information content (AvgIpc) is 2.72. The molecule has 7 heteroatoms. The number of pyridine rings is 1. The molecule has 1 N–H and O–H groups in total. The van der Waals surface area contributed by atoms with Gasteiger partial charge in [-0.05, 0) is 51.1 Å². The van der Waals surface area contributed by atoms with Crippen LogP contribution in [0.1, 0.15) is 42.7 Å². The Morgan fingerprint density at radius 2 is 1.65 bits per heavy atom. The molecule has 3 aromatic rings. The second kappa shape index (κ2) is 9.27. The number of aromatic nitrogens is 1. The van der Waals surface area contributed by atoms with E-state index in [1.54, 1.807) is 36.4 Å². The Morgan fingerprint density at radius 3 is 2.23 bits per heavy atom. The molecule has 2 amide bonds. The lowest BCUT2D eigenvalue weighted by molar-refractivity contribution is -0.124. The molecule has 0 fully saturated rings. The van der Waals surface area contributed by atoms with E-state index in [2.05, 4.69) is 10.3 Å². The SMILES string of the molecule is CC(C)(C)NC(=O)C(c1ccccc1F)N(C(=O)c1ccc(Cl)nc1)c1ccccc1. The topological polar surface area (TPSA) is 62.3 Å². The fraction of sp³-hybridized carbons (Fsp3) is 0.208. The molecular weight excluding hydrogens is 417 g/mol. The van der Waals surface area contributed by atoms with Crippen molar-refractivity contribution in [1.29, 1.82) is 0 Å². The fourth-order valence-electron chi connectivity index (χ4n) is 3.15. The van der Waals surface area contributed by atoms with Crippen LogP contribution in [0.4, 0.5) is 10.1 Å². The molecule has 1 atom stereocenters. The van der Waals surface area contributed by atoms with Crippen molar-refractivity contribution in [2.24, 2.45) is 0 Å². The molecule has 1 aromatic heterocycles. The Hall–Kier alpha value is -3.25. The van der Waals surface area contributed by atoms with E-state index in [-0.39, 0.29) is 16.3 Å². The lowest BCUT2D eigenvalue weighted by atomic mass is 9.99. The van der Waals surface area contributed by atoms with Crippen molar-refractivity contribution in [3.8, 4) is 0 Å². The zero-order valence-electron chi connectivity index (χ0n) is 17.5. The Bertz CT molecular complexity index is 1070. The van der Waals surface area contributed by atoms with Crippen molar-refractivity contribution in [1.82, 2.24) is 10.3 Å². The summed E-state index contributed by atoms with van der Waals surface area (Å²) in [5, 5.41) is 3.11. The third-order valence-electron chi connectivity index (χ3n) is 4.43. The number of rotatable bonds is 5. The van der Waals surface area contributed by atoms with E-state index in [1.165, 1.54) is 41.4 Å². The first-order valence-corrected chi connectivity index (χ1v) is 10.1. The molecule has 0 saturated carbocycles. The summed E-state index contributed by atoms with van der Waals surface area (Å²) in [6.45, 7) is 5.46. The van der Waals surface area contributed by atoms with Gasteiger partial charge in [0.1, 0.15) is 17.0 Å². The maximum Gasteiger partial charge on any atom is 0.260 e. The average molecular weight is 440 g/mol. The molecule has 0 spiro atoms. The van der Waals surface area contributed by atoms with Crippen molar-refractivity contribution < 1.29 is 14.0 Å². The number of carbonyl (C=O) groups excluding carboxylic acids is 2. The minimum absolute atomic E-state index is 0.0865. The molecule has 0 saturated heterocycles. The maximum absolute atomic E-state index is 14.9. The van der Waals surface area contributed by atoms with E-state index in [0.29, 0.717) is 5.69 Å². The first kappa shape index (κ1) is 22.4. The monoisotopic (exact) mass is 439 g/mol. The summed E-state index contributed by atoms with van der Waals surface area (Å²) in [5.41, 5.74) is 0.162. The van der Waals surface area contributed by atoms with Crippen molar-refractivity contribution in [3.05, 3.63) is 95.0 Å². The molecule has 31 heavy (non-hydrogen) atoms. The van der Waals surface area contributed by atoms with Gasteiger partial charge in [0.15, 0.2) is 0 Å². The number of para-hydroxylation sites is 1. The molecular formula is C24H23ClFN3O2. The van der Waals surface area contributed by atoms with Gasteiger partial charge in [-0.3, -0.25) is 14.5 Å². The Morgan fingerprint density at radius 1 is 1.00 bits per heavy atom. The van der Waals surface area contributed by atoms with Gasteiger partial charge >= 0.3 is 0 Å². The fourth-order valence-corrected chi connectivity index (χ4v) is 3.26. The smallest absolute Gasteiger partial charge is 0.260 e. The van der Waals surface area contributed by atoms with Gasteiger partial charge in [0.25, 0.3) is 5.91 Å². The zero-order chi connectivity index (χ0) is 22.6. The number of carbonyl (C=O) groups is 2. The van der Waals surface area contributed by atoms with Gasteiger partial charge in [-0.1, -0.05) is 48.0 Å². The number of hydrogen-bond donors (Lipinski definition) is 1. The number of amides is 2. The molecule has 1 unspecified atom stereocenters.